The van der Waals surface area contributed by atoms with Gasteiger partial charge in [0.15, 0.2) is 6.19 Å². The largest absolute Gasteiger partial charge is 0.300 e. The first kappa shape index (κ1) is 9.85. The van der Waals surface area contributed by atoms with Gasteiger partial charge in [-0.05, 0) is 18.2 Å². The van der Waals surface area contributed by atoms with E-state index in [1.54, 1.807) is 27.9 Å². The number of benzene rings is 1. The molecule has 3 rings (SSSR count). The molecule has 84 valence electrons. The van der Waals surface area contributed by atoms with E-state index >= 15 is 0 Å². The molecule has 0 radical (unpaired) electrons. The Morgan fingerprint density at radius 1 is 1.35 bits per heavy atom. The molecule has 1 aliphatic rings. The van der Waals surface area contributed by atoms with Crippen LogP contribution in [0.25, 0.3) is 5.69 Å². The summed E-state index contributed by atoms with van der Waals surface area (Å²) in [7, 11) is 0. The third kappa shape index (κ3) is 1.54. The molecule has 2 heterocycles. The summed E-state index contributed by atoms with van der Waals surface area (Å²) in [6.45, 7) is 1.11. The lowest BCUT2D eigenvalue weighted by Gasteiger charge is -2.07. The summed E-state index contributed by atoms with van der Waals surface area (Å²) < 4.78 is 14.8. The Morgan fingerprint density at radius 2 is 2.24 bits per heavy atom. The second-order valence-corrected chi connectivity index (χ2v) is 3.96. The predicted molar refractivity (Wildman–Crippen MR) is 58.4 cm³/mol. The van der Waals surface area contributed by atoms with Crippen LogP contribution in [-0.4, -0.2) is 14.7 Å². The lowest BCUT2D eigenvalue weighted by molar-refractivity contribution is 0.408. The van der Waals surface area contributed by atoms with Gasteiger partial charge in [-0.15, -0.1) is 0 Å². The Balaban J connectivity index is 2.05. The highest BCUT2D eigenvalue weighted by atomic mass is 19.1. The summed E-state index contributed by atoms with van der Waals surface area (Å²) in [5.41, 5.74) is 2.67. The first-order valence-electron chi connectivity index (χ1n) is 5.24. The van der Waals surface area contributed by atoms with Crippen molar-refractivity contribution in [2.75, 3.05) is 0 Å². The van der Waals surface area contributed by atoms with Gasteiger partial charge in [0.25, 0.3) is 0 Å². The van der Waals surface area contributed by atoms with Crippen LogP contribution in [0.3, 0.4) is 0 Å². The average Bonchev–Trinajstić information content (AvgIpc) is 2.87. The minimum atomic E-state index is -0.290. The van der Waals surface area contributed by atoms with Crippen LogP contribution in [0.4, 0.5) is 4.39 Å². The van der Waals surface area contributed by atoms with E-state index in [4.69, 9.17) is 5.26 Å². The molecule has 1 aliphatic heterocycles. The number of aromatic nitrogens is 2. The first-order valence-corrected chi connectivity index (χ1v) is 5.24. The molecule has 1 aromatic heterocycles. The highest BCUT2D eigenvalue weighted by Crippen LogP contribution is 2.24. The van der Waals surface area contributed by atoms with Crippen molar-refractivity contribution in [1.29, 1.82) is 5.26 Å². The van der Waals surface area contributed by atoms with Crippen molar-refractivity contribution in [3.8, 4) is 11.9 Å². The van der Waals surface area contributed by atoms with E-state index in [-0.39, 0.29) is 5.82 Å². The Labute approximate surface area is 97.5 Å². The van der Waals surface area contributed by atoms with Gasteiger partial charge in [0, 0.05) is 5.56 Å². The summed E-state index contributed by atoms with van der Waals surface area (Å²) in [6, 6.07) is 6.28. The van der Waals surface area contributed by atoms with E-state index in [9.17, 15) is 4.39 Å². The zero-order chi connectivity index (χ0) is 11.8. The molecule has 0 saturated heterocycles. The molecule has 4 nitrogen and oxygen atoms in total. The standard InChI is InChI=1S/C12H9FN4/c13-10-2-1-3-11(4-10)17-12-7-16(8-14)6-9(12)5-15-17/h1-5H,6-7H2. The Hall–Kier alpha value is -2.35. The topological polar surface area (TPSA) is 44.9 Å². The van der Waals surface area contributed by atoms with Gasteiger partial charge in [0.2, 0.25) is 0 Å². The van der Waals surface area contributed by atoms with Crippen LogP contribution in [0.15, 0.2) is 30.5 Å². The Kier molecular flexibility index (Phi) is 2.08. The summed E-state index contributed by atoms with van der Waals surface area (Å²) in [5.74, 6) is -0.290. The number of halogens is 1. The number of nitrogens with zero attached hydrogens (tertiary/aromatic N) is 4. The molecule has 0 aliphatic carbocycles. The summed E-state index contributed by atoms with van der Waals surface area (Å²) >= 11 is 0. The zero-order valence-electron chi connectivity index (χ0n) is 8.97. The van der Waals surface area contributed by atoms with Gasteiger partial charge in [-0.2, -0.15) is 10.4 Å². The van der Waals surface area contributed by atoms with Crippen molar-refractivity contribution < 1.29 is 4.39 Å². The van der Waals surface area contributed by atoms with E-state index < -0.39 is 0 Å². The fraction of sp³-hybridized carbons (Fsp3) is 0.167. The Bertz CT molecular complexity index is 611. The van der Waals surface area contributed by atoms with Crippen LogP contribution < -0.4 is 0 Å². The lowest BCUT2D eigenvalue weighted by Crippen LogP contribution is -2.10. The van der Waals surface area contributed by atoms with Crippen molar-refractivity contribution in [2.45, 2.75) is 13.1 Å². The number of hydrogen-bond donors (Lipinski definition) is 0. The van der Waals surface area contributed by atoms with E-state index in [2.05, 4.69) is 11.3 Å². The molecule has 5 heteroatoms. The third-order valence-corrected chi connectivity index (χ3v) is 2.85. The molecule has 0 N–H and O–H groups in total. The highest BCUT2D eigenvalue weighted by molar-refractivity contribution is 5.37. The van der Waals surface area contributed by atoms with Gasteiger partial charge in [0.1, 0.15) is 5.82 Å². The minimum absolute atomic E-state index is 0.290. The van der Waals surface area contributed by atoms with E-state index in [1.807, 2.05) is 0 Å². The van der Waals surface area contributed by atoms with Gasteiger partial charge in [-0.1, -0.05) is 6.07 Å². The third-order valence-electron chi connectivity index (χ3n) is 2.85. The SMILES string of the molecule is N#CN1Cc2cnn(-c3cccc(F)c3)c2C1. The van der Waals surface area contributed by atoms with Crippen molar-refractivity contribution in [2.24, 2.45) is 0 Å². The summed E-state index contributed by atoms with van der Waals surface area (Å²) in [5, 5.41) is 13.1. The molecule has 17 heavy (non-hydrogen) atoms. The van der Waals surface area contributed by atoms with Crippen molar-refractivity contribution in [1.82, 2.24) is 14.7 Å². The maximum atomic E-state index is 13.1. The maximum Gasteiger partial charge on any atom is 0.180 e. The van der Waals surface area contributed by atoms with E-state index in [0.29, 0.717) is 18.8 Å². The van der Waals surface area contributed by atoms with Crippen LogP contribution in [0.1, 0.15) is 11.3 Å². The van der Waals surface area contributed by atoms with Gasteiger partial charge in [-0.25, -0.2) is 9.07 Å². The summed E-state index contributed by atoms with van der Waals surface area (Å²) in [6.07, 6.45) is 3.84. The van der Waals surface area contributed by atoms with Gasteiger partial charge >= 0.3 is 0 Å². The fourth-order valence-electron chi connectivity index (χ4n) is 2.05. The smallest absolute Gasteiger partial charge is 0.180 e. The maximum absolute atomic E-state index is 13.1. The molecule has 2 aromatic rings. The van der Waals surface area contributed by atoms with Crippen molar-refractivity contribution in [3.63, 3.8) is 0 Å². The van der Waals surface area contributed by atoms with Crippen LogP contribution in [-0.2, 0) is 13.1 Å². The van der Waals surface area contributed by atoms with E-state index in [1.165, 1.54) is 12.1 Å². The van der Waals surface area contributed by atoms with Crippen LogP contribution >= 0.6 is 0 Å². The second-order valence-electron chi connectivity index (χ2n) is 3.96. The van der Waals surface area contributed by atoms with Gasteiger partial charge < -0.3 is 4.90 Å². The average molecular weight is 228 g/mol. The molecule has 0 bridgehead atoms. The van der Waals surface area contributed by atoms with Crippen LogP contribution in [0, 0.1) is 17.3 Å². The molecule has 0 spiro atoms. The quantitative estimate of drug-likeness (QED) is 0.699. The second kappa shape index (κ2) is 3.59. The number of hydrogen-bond acceptors (Lipinski definition) is 3. The monoisotopic (exact) mass is 228 g/mol. The van der Waals surface area contributed by atoms with Crippen LogP contribution in [0.2, 0.25) is 0 Å². The molecule has 0 saturated carbocycles. The normalized spacial score (nSPS) is 13.5. The molecule has 1 aromatic carbocycles. The Morgan fingerprint density at radius 3 is 3.00 bits per heavy atom. The first-order chi connectivity index (χ1) is 8.28. The molecule has 0 unspecified atom stereocenters. The number of nitriles is 1. The molecule has 0 fully saturated rings. The van der Waals surface area contributed by atoms with Crippen LogP contribution in [0.5, 0.6) is 0 Å². The molecular formula is C12H9FN4. The lowest BCUT2D eigenvalue weighted by atomic mass is 10.2. The van der Waals surface area contributed by atoms with Crippen molar-refractivity contribution >= 4 is 0 Å². The predicted octanol–water partition coefficient (Wildman–Crippen LogP) is 1.81. The highest BCUT2D eigenvalue weighted by Gasteiger charge is 2.23. The zero-order valence-corrected chi connectivity index (χ0v) is 8.97. The molecule has 0 atom stereocenters. The fourth-order valence-corrected chi connectivity index (χ4v) is 2.05. The summed E-state index contributed by atoms with van der Waals surface area (Å²) in [4.78, 5) is 1.64. The van der Waals surface area contributed by atoms with Crippen molar-refractivity contribution in [3.05, 3.63) is 47.5 Å². The van der Waals surface area contributed by atoms with E-state index in [0.717, 1.165) is 11.3 Å². The van der Waals surface area contributed by atoms with Gasteiger partial charge in [0.05, 0.1) is 30.7 Å². The molecule has 0 amide bonds. The minimum Gasteiger partial charge on any atom is -0.300 e. The number of fused-ring (bicyclic) bond motifs is 1. The number of rotatable bonds is 1. The van der Waals surface area contributed by atoms with Gasteiger partial charge in [-0.3, -0.25) is 0 Å². The molecular weight excluding hydrogens is 219 g/mol.